The highest BCUT2D eigenvalue weighted by atomic mass is 32.2. The van der Waals surface area contributed by atoms with Crippen molar-refractivity contribution in [3.05, 3.63) is 66.7 Å². The Hall–Kier alpha value is -1.72. The first kappa shape index (κ1) is 24.4. The van der Waals surface area contributed by atoms with Crippen molar-refractivity contribution < 1.29 is 17.9 Å². The number of unbranched alkanes of at least 4 members (excludes halogenated alkanes) is 1. The van der Waals surface area contributed by atoms with Crippen LogP contribution in [-0.2, 0) is 14.6 Å². The number of hydrogen-bond acceptors (Lipinski definition) is 3. The third-order valence-electron chi connectivity index (χ3n) is 7.17. The van der Waals surface area contributed by atoms with Crippen LogP contribution in [0, 0.1) is 17.8 Å². The summed E-state index contributed by atoms with van der Waals surface area (Å²) in [6, 6.07) is 17.0. The van der Waals surface area contributed by atoms with E-state index in [0.29, 0.717) is 35.2 Å². The molecular weight excluding hydrogens is 453 g/mol. The van der Waals surface area contributed by atoms with Crippen molar-refractivity contribution >= 4 is 17.4 Å². The molecule has 0 aliphatic heterocycles. The van der Waals surface area contributed by atoms with Crippen LogP contribution >= 0.6 is 7.37 Å². The number of fused-ring (bicyclic) bond motifs is 2. The second-order valence-corrected chi connectivity index (χ2v) is 13.9. The summed E-state index contributed by atoms with van der Waals surface area (Å²) in [6.07, 6.45) is 10.3. The second-order valence-electron chi connectivity index (χ2n) is 9.66. The van der Waals surface area contributed by atoms with Crippen LogP contribution in [-0.4, -0.2) is 32.2 Å². The van der Waals surface area contributed by atoms with Crippen LogP contribution in [0.2, 0.25) is 0 Å². The number of sulfonamides is 1. The molecule has 0 heterocycles. The van der Waals surface area contributed by atoms with E-state index >= 15 is 0 Å². The van der Waals surface area contributed by atoms with Crippen molar-refractivity contribution in [2.24, 2.45) is 17.8 Å². The van der Waals surface area contributed by atoms with Crippen LogP contribution in [0.25, 0.3) is 11.1 Å². The molecule has 0 spiro atoms. The number of benzene rings is 2. The van der Waals surface area contributed by atoms with Crippen molar-refractivity contribution in [3.63, 3.8) is 0 Å². The molecule has 5 unspecified atom stereocenters. The quantitative estimate of drug-likeness (QED) is 0.257. The van der Waals surface area contributed by atoms with Crippen molar-refractivity contribution in [2.75, 3.05) is 12.8 Å². The Morgan fingerprint density at radius 3 is 2.36 bits per heavy atom. The fourth-order valence-electron chi connectivity index (χ4n) is 5.51. The van der Waals surface area contributed by atoms with E-state index in [0.717, 1.165) is 36.8 Å². The molecule has 4 rings (SSSR count). The van der Waals surface area contributed by atoms with E-state index in [1.54, 1.807) is 12.1 Å². The number of nitrogens with one attached hydrogen (secondary N) is 1. The molecule has 33 heavy (non-hydrogen) atoms. The Kier molecular flexibility index (Phi) is 7.59. The van der Waals surface area contributed by atoms with E-state index < -0.39 is 17.4 Å². The summed E-state index contributed by atoms with van der Waals surface area (Å²) in [5.74, 6) is 1.29. The lowest BCUT2D eigenvalue weighted by molar-refractivity contribution is 0.274. The zero-order valence-electron chi connectivity index (χ0n) is 19.1. The lowest BCUT2D eigenvalue weighted by atomic mass is 9.83. The lowest BCUT2D eigenvalue weighted by Gasteiger charge is -2.31. The number of hydrogen-bond donors (Lipinski definition) is 2. The van der Waals surface area contributed by atoms with Crippen LogP contribution in [0.5, 0.6) is 0 Å². The zero-order valence-corrected chi connectivity index (χ0v) is 20.8. The van der Waals surface area contributed by atoms with Gasteiger partial charge in [0.15, 0.2) is 7.37 Å². The molecular formula is C26H34NO4PS. The average Bonchev–Trinajstić information content (AvgIpc) is 3.38. The molecule has 2 saturated carbocycles. The molecule has 2 bridgehead atoms. The molecule has 178 valence electrons. The Morgan fingerprint density at radius 1 is 1.00 bits per heavy atom. The van der Waals surface area contributed by atoms with Gasteiger partial charge in [0.1, 0.15) is 0 Å². The minimum absolute atomic E-state index is 0.0273. The lowest BCUT2D eigenvalue weighted by Crippen LogP contribution is -2.43. The smallest absolute Gasteiger partial charge is 0.240 e. The van der Waals surface area contributed by atoms with Gasteiger partial charge in [-0.3, -0.25) is 4.57 Å². The Labute approximate surface area is 197 Å². The predicted octanol–water partition coefficient (Wildman–Crippen LogP) is 5.67. The molecule has 5 atom stereocenters. The zero-order chi connectivity index (χ0) is 23.5. The van der Waals surface area contributed by atoms with Gasteiger partial charge in [-0.2, -0.15) is 0 Å². The van der Waals surface area contributed by atoms with E-state index in [2.05, 4.69) is 16.9 Å². The van der Waals surface area contributed by atoms with Crippen LogP contribution in [0.4, 0.5) is 0 Å². The monoisotopic (exact) mass is 487 g/mol. The summed E-state index contributed by atoms with van der Waals surface area (Å²) in [6.45, 7) is 1.40. The minimum atomic E-state index is -3.59. The molecule has 2 N–H and O–H groups in total. The standard InChI is InChI=1S/C26H34NO4PS/c1-32(28,29)18-8-3-2-7-11-25-22-12-13-23(19-22)26(25)27-33(30,31)24-16-14-21(15-17-24)20-9-5-4-6-10-20/h2,4-7,9-10,14-17,22-23,25-27H,3,8,11-13,18-19H2,1H3,(H,28,29)/b7-2+. The van der Waals surface area contributed by atoms with Crippen molar-refractivity contribution in [1.82, 2.24) is 4.72 Å². The Bertz CT molecular complexity index is 1110. The summed E-state index contributed by atoms with van der Waals surface area (Å²) < 4.78 is 40.8. The molecule has 0 aromatic heterocycles. The molecule has 5 nitrogen and oxygen atoms in total. The summed E-state index contributed by atoms with van der Waals surface area (Å²) in [5.41, 5.74) is 2.06. The molecule has 2 aliphatic rings. The predicted molar refractivity (Wildman–Crippen MR) is 134 cm³/mol. The maximum atomic E-state index is 13.2. The van der Waals surface area contributed by atoms with Crippen LogP contribution in [0.3, 0.4) is 0 Å². The topological polar surface area (TPSA) is 83.5 Å². The van der Waals surface area contributed by atoms with Crippen molar-refractivity contribution in [2.45, 2.75) is 49.5 Å². The first-order valence-electron chi connectivity index (χ1n) is 11.8. The van der Waals surface area contributed by atoms with Gasteiger partial charge in [0, 0.05) is 18.9 Å². The number of rotatable bonds is 10. The molecule has 2 fully saturated rings. The summed E-state index contributed by atoms with van der Waals surface area (Å²) in [5, 5.41) is 0. The molecule has 2 aliphatic carbocycles. The molecule has 7 heteroatoms. The highest BCUT2D eigenvalue weighted by Crippen LogP contribution is 2.50. The third-order valence-corrected chi connectivity index (χ3v) is 9.79. The first-order valence-corrected chi connectivity index (χ1v) is 15.6. The molecule has 0 radical (unpaired) electrons. The molecule has 2 aromatic rings. The maximum absolute atomic E-state index is 13.2. The van der Waals surface area contributed by atoms with Gasteiger partial charge >= 0.3 is 0 Å². The van der Waals surface area contributed by atoms with Crippen LogP contribution < -0.4 is 4.72 Å². The fourth-order valence-corrected chi connectivity index (χ4v) is 7.64. The highest BCUT2D eigenvalue weighted by molar-refractivity contribution is 7.89. The summed E-state index contributed by atoms with van der Waals surface area (Å²) >= 11 is 0. The largest absolute Gasteiger partial charge is 0.344 e. The summed E-state index contributed by atoms with van der Waals surface area (Å²) in [7, 11) is -6.52. The number of allylic oxidation sites excluding steroid dienone is 2. The van der Waals surface area contributed by atoms with E-state index in [1.165, 1.54) is 13.1 Å². The van der Waals surface area contributed by atoms with Crippen LogP contribution in [0.15, 0.2) is 71.6 Å². The van der Waals surface area contributed by atoms with E-state index in [1.807, 2.05) is 42.5 Å². The summed E-state index contributed by atoms with van der Waals surface area (Å²) in [4.78, 5) is 9.71. The van der Waals surface area contributed by atoms with Gasteiger partial charge in [0.2, 0.25) is 10.0 Å². The van der Waals surface area contributed by atoms with Gasteiger partial charge in [-0.25, -0.2) is 13.1 Å². The van der Waals surface area contributed by atoms with Gasteiger partial charge in [-0.05, 0) is 79.5 Å². The minimum Gasteiger partial charge on any atom is -0.344 e. The Morgan fingerprint density at radius 2 is 1.67 bits per heavy atom. The van der Waals surface area contributed by atoms with Gasteiger partial charge in [0.05, 0.1) is 4.90 Å². The van der Waals surface area contributed by atoms with E-state index in [-0.39, 0.29) is 6.04 Å². The SMILES string of the molecule is CP(=O)(O)CCC/C=C/CC1C2CCC(C2)C1NS(=O)(=O)c1ccc(-c2ccccc2)cc1. The first-order chi connectivity index (χ1) is 15.7. The average molecular weight is 488 g/mol. The van der Waals surface area contributed by atoms with Crippen LogP contribution in [0.1, 0.15) is 38.5 Å². The van der Waals surface area contributed by atoms with Gasteiger partial charge in [-0.1, -0.05) is 54.6 Å². The van der Waals surface area contributed by atoms with Gasteiger partial charge in [0.25, 0.3) is 0 Å². The Balaban J connectivity index is 1.39. The third kappa shape index (κ3) is 6.24. The van der Waals surface area contributed by atoms with Gasteiger partial charge in [-0.15, -0.1) is 0 Å². The highest BCUT2D eigenvalue weighted by Gasteiger charge is 2.48. The fraction of sp³-hybridized carbons (Fsp3) is 0.462. The van der Waals surface area contributed by atoms with E-state index in [9.17, 15) is 17.9 Å². The van der Waals surface area contributed by atoms with Gasteiger partial charge < -0.3 is 4.89 Å². The van der Waals surface area contributed by atoms with Crippen molar-refractivity contribution in [1.29, 1.82) is 0 Å². The van der Waals surface area contributed by atoms with E-state index in [4.69, 9.17) is 0 Å². The maximum Gasteiger partial charge on any atom is 0.240 e. The second kappa shape index (κ2) is 10.3. The molecule has 0 saturated heterocycles. The van der Waals surface area contributed by atoms with Crippen molar-refractivity contribution in [3.8, 4) is 11.1 Å². The molecule has 2 aromatic carbocycles. The molecule has 0 amide bonds. The normalized spacial score (nSPS) is 26.6.